The van der Waals surface area contributed by atoms with E-state index in [1.165, 1.54) is 17.3 Å². The molecule has 0 N–H and O–H groups in total. The van der Waals surface area contributed by atoms with E-state index in [1.54, 1.807) is 12.4 Å². The van der Waals surface area contributed by atoms with Gasteiger partial charge in [-0.15, -0.1) is 0 Å². The van der Waals surface area contributed by atoms with Gasteiger partial charge in [-0.1, -0.05) is 11.6 Å². The molecule has 1 aromatic heterocycles. The van der Waals surface area contributed by atoms with E-state index in [2.05, 4.69) is 9.88 Å². The van der Waals surface area contributed by atoms with Crippen molar-refractivity contribution in [2.24, 2.45) is 0 Å². The van der Waals surface area contributed by atoms with Gasteiger partial charge in [0.15, 0.2) is 0 Å². The predicted molar refractivity (Wildman–Crippen MR) is 101 cm³/mol. The summed E-state index contributed by atoms with van der Waals surface area (Å²) in [5.41, 5.74) is 1.07. The van der Waals surface area contributed by atoms with E-state index in [-0.39, 0.29) is 21.2 Å². The van der Waals surface area contributed by atoms with Gasteiger partial charge in [0.05, 0.1) is 14.8 Å². The number of pyridine rings is 1. The molecule has 0 bridgehead atoms. The molecule has 0 radical (unpaired) electrons. The lowest BCUT2D eigenvalue weighted by Crippen LogP contribution is -2.48. The second kappa shape index (κ2) is 7.89. The van der Waals surface area contributed by atoms with Gasteiger partial charge in [-0.2, -0.15) is 4.31 Å². The minimum atomic E-state index is -3.85. The van der Waals surface area contributed by atoms with Crippen molar-refractivity contribution in [2.75, 3.05) is 26.2 Å². The van der Waals surface area contributed by atoms with Crippen LogP contribution in [0, 0.1) is 17.0 Å². The zero-order valence-corrected chi connectivity index (χ0v) is 16.3. The average Bonchev–Trinajstić information content (AvgIpc) is 2.64. The molecule has 3 rings (SSSR count). The topological polar surface area (TPSA) is 96.7 Å². The first-order chi connectivity index (χ1) is 12.8. The summed E-state index contributed by atoms with van der Waals surface area (Å²) in [6.45, 7) is 3.98. The van der Waals surface area contributed by atoms with Gasteiger partial charge in [-0.3, -0.25) is 20.0 Å². The quantitative estimate of drug-likeness (QED) is 0.554. The fourth-order valence-electron chi connectivity index (χ4n) is 3.00. The van der Waals surface area contributed by atoms with Crippen LogP contribution in [0.2, 0.25) is 5.02 Å². The molecule has 8 nitrogen and oxygen atoms in total. The number of nitrogens with zero attached hydrogens (tertiary/aromatic N) is 4. The van der Waals surface area contributed by atoms with Crippen molar-refractivity contribution in [3.63, 3.8) is 0 Å². The van der Waals surface area contributed by atoms with Gasteiger partial charge in [-0.25, -0.2) is 8.42 Å². The number of nitro groups is 1. The molecule has 0 aliphatic carbocycles. The third-order valence-corrected chi connectivity index (χ3v) is 6.88. The fourth-order valence-corrected chi connectivity index (χ4v) is 4.75. The van der Waals surface area contributed by atoms with E-state index < -0.39 is 14.9 Å². The molecule has 1 fully saturated rings. The Morgan fingerprint density at radius 3 is 2.41 bits per heavy atom. The van der Waals surface area contributed by atoms with Gasteiger partial charge >= 0.3 is 0 Å². The molecule has 0 atom stereocenters. The predicted octanol–water partition coefficient (Wildman–Crippen LogP) is 2.46. The van der Waals surface area contributed by atoms with Gasteiger partial charge in [-0.05, 0) is 30.7 Å². The van der Waals surface area contributed by atoms with Gasteiger partial charge in [0.25, 0.3) is 5.69 Å². The van der Waals surface area contributed by atoms with Crippen LogP contribution in [0.5, 0.6) is 0 Å². The highest BCUT2D eigenvalue weighted by Crippen LogP contribution is 2.31. The van der Waals surface area contributed by atoms with Crippen molar-refractivity contribution in [1.29, 1.82) is 0 Å². The van der Waals surface area contributed by atoms with Crippen molar-refractivity contribution in [2.45, 2.75) is 18.4 Å². The Morgan fingerprint density at radius 1 is 1.19 bits per heavy atom. The standard InChI is InChI=1S/C17H19ClN4O4S/c1-13-16(18)10-15(11-17(13)22(23)24)27(25,26)21-8-6-20(7-9-21)12-14-2-4-19-5-3-14/h2-5,10-11H,6-9,12H2,1H3. The molecule has 27 heavy (non-hydrogen) atoms. The van der Waals surface area contributed by atoms with Crippen LogP contribution in [0.4, 0.5) is 5.69 Å². The molecule has 0 saturated carbocycles. The van der Waals surface area contributed by atoms with E-state index in [1.807, 2.05) is 12.1 Å². The van der Waals surface area contributed by atoms with Crippen LogP contribution in [-0.4, -0.2) is 53.7 Å². The SMILES string of the molecule is Cc1c(Cl)cc(S(=O)(=O)N2CCN(Cc3ccncc3)CC2)cc1[N+](=O)[O-]. The zero-order valence-electron chi connectivity index (χ0n) is 14.7. The summed E-state index contributed by atoms with van der Waals surface area (Å²) in [5, 5.41) is 11.2. The number of halogens is 1. The van der Waals surface area contributed by atoms with Gasteiger partial charge in [0, 0.05) is 56.7 Å². The summed E-state index contributed by atoms with van der Waals surface area (Å²) in [6.07, 6.45) is 3.45. The monoisotopic (exact) mass is 410 g/mol. The van der Waals surface area contributed by atoms with Crippen LogP contribution in [-0.2, 0) is 16.6 Å². The van der Waals surface area contributed by atoms with Crippen molar-refractivity contribution in [3.8, 4) is 0 Å². The number of nitro benzene ring substituents is 1. The average molecular weight is 411 g/mol. The molecular formula is C17H19ClN4O4S. The summed E-state index contributed by atoms with van der Waals surface area (Å²) >= 11 is 6.02. The highest BCUT2D eigenvalue weighted by atomic mass is 35.5. The molecule has 1 aliphatic heterocycles. The van der Waals surface area contributed by atoms with Gasteiger partial charge in [0.2, 0.25) is 10.0 Å². The largest absolute Gasteiger partial charge is 0.296 e. The van der Waals surface area contributed by atoms with Crippen LogP contribution < -0.4 is 0 Å². The first-order valence-electron chi connectivity index (χ1n) is 8.35. The maximum Gasteiger partial charge on any atom is 0.275 e. The number of aromatic nitrogens is 1. The van der Waals surface area contributed by atoms with Crippen molar-refractivity contribution < 1.29 is 13.3 Å². The third kappa shape index (κ3) is 4.27. The molecule has 1 aliphatic rings. The molecule has 0 unspecified atom stereocenters. The summed E-state index contributed by atoms with van der Waals surface area (Å²) in [5.74, 6) is 0. The van der Waals surface area contributed by atoms with E-state index in [4.69, 9.17) is 11.6 Å². The summed E-state index contributed by atoms with van der Waals surface area (Å²) < 4.78 is 27.2. The third-order valence-electron chi connectivity index (χ3n) is 4.61. The van der Waals surface area contributed by atoms with E-state index >= 15 is 0 Å². The van der Waals surface area contributed by atoms with Crippen LogP contribution in [0.3, 0.4) is 0 Å². The van der Waals surface area contributed by atoms with E-state index in [9.17, 15) is 18.5 Å². The van der Waals surface area contributed by atoms with Gasteiger partial charge in [0.1, 0.15) is 0 Å². The molecule has 10 heteroatoms. The Hall–Kier alpha value is -2.07. The van der Waals surface area contributed by atoms with Crippen LogP contribution >= 0.6 is 11.6 Å². The molecule has 1 aromatic carbocycles. The summed E-state index contributed by atoms with van der Waals surface area (Å²) in [7, 11) is -3.85. The minimum absolute atomic E-state index is 0.0686. The van der Waals surface area contributed by atoms with Crippen molar-refractivity contribution >= 4 is 27.3 Å². The number of benzene rings is 1. The lowest BCUT2D eigenvalue weighted by atomic mass is 10.2. The highest BCUT2D eigenvalue weighted by Gasteiger charge is 2.31. The second-order valence-electron chi connectivity index (χ2n) is 6.34. The smallest absolute Gasteiger partial charge is 0.275 e. The van der Waals surface area contributed by atoms with Crippen LogP contribution in [0.1, 0.15) is 11.1 Å². The number of rotatable bonds is 5. The van der Waals surface area contributed by atoms with Crippen LogP contribution in [0.15, 0.2) is 41.6 Å². The van der Waals surface area contributed by atoms with Crippen molar-refractivity contribution in [1.82, 2.24) is 14.2 Å². The zero-order chi connectivity index (χ0) is 19.6. The maximum absolute atomic E-state index is 12.9. The molecule has 1 saturated heterocycles. The first kappa shape index (κ1) is 19.7. The number of hydrogen-bond acceptors (Lipinski definition) is 6. The number of piperazine rings is 1. The first-order valence-corrected chi connectivity index (χ1v) is 10.2. The molecule has 2 aromatic rings. The Morgan fingerprint density at radius 2 is 1.81 bits per heavy atom. The maximum atomic E-state index is 12.9. The van der Waals surface area contributed by atoms with Crippen molar-refractivity contribution in [3.05, 3.63) is 62.9 Å². The summed E-state index contributed by atoms with van der Waals surface area (Å²) in [4.78, 5) is 16.6. The molecule has 144 valence electrons. The molecular weight excluding hydrogens is 392 g/mol. The Labute approximate surface area is 162 Å². The fraction of sp³-hybridized carbons (Fsp3) is 0.353. The van der Waals surface area contributed by atoms with Crippen LogP contribution in [0.25, 0.3) is 0 Å². The number of hydrogen-bond donors (Lipinski definition) is 0. The Kier molecular flexibility index (Phi) is 5.75. The molecule has 0 spiro atoms. The molecule has 2 heterocycles. The highest BCUT2D eigenvalue weighted by molar-refractivity contribution is 7.89. The Bertz CT molecular complexity index is 945. The minimum Gasteiger partial charge on any atom is -0.296 e. The second-order valence-corrected chi connectivity index (χ2v) is 8.69. The lowest BCUT2D eigenvalue weighted by molar-refractivity contribution is -0.385. The van der Waals surface area contributed by atoms with Gasteiger partial charge < -0.3 is 0 Å². The van der Waals surface area contributed by atoms with E-state index in [0.29, 0.717) is 26.2 Å². The number of sulfonamides is 1. The molecule has 0 amide bonds. The lowest BCUT2D eigenvalue weighted by Gasteiger charge is -2.34. The normalized spacial score (nSPS) is 16.4. The summed E-state index contributed by atoms with van der Waals surface area (Å²) in [6, 6.07) is 6.22. The van der Waals surface area contributed by atoms with E-state index in [0.717, 1.165) is 18.2 Å². The Balaban J connectivity index is 1.75.